The van der Waals surface area contributed by atoms with Gasteiger partial charge in [-0.3, -0.25) is 14.9 Å². The largest absolute Gasteiger partial charge is 0.493 e. The van der Waals surface area contributed by atoms with Gasteiger partial charge in [0.25, 0.3) is 11.6 Å². The number of amides is 1. The maximum atomic E-state index is 12.9. The molecule has 4 rings (SSSR count). The van der Waals surface area contributed by atoms with Crippen molar-refractivity contribution >= 4 is 17.4 Å². The highest BCUT2D eigenvalue weighted by atomic mass is 16.6. The summed E-state index contributed by atoms with van der Waals surface area (Å²) in [4.78, 5) is 27.3. The van der Waals surface area contributed by atoms with Crippen LogP contribution < -0.4 is 19.1 Å². The Kier molecular flexibility index (Phi) is 7.18. The lowest BCUT2D eigenvalue weighted by Crippen LogP contribution is -2.49. The molecule has 11 nitrogen and oxygen atoms in total. The van der Waals surface area contributed by atoms with Crippen LogP contribution in [0.5, 0.6) is 17.2 Å². The second-order valence-electron chi connectivity index (χ2n) is 8.23. The van der Waals surface area contributed by atoms with Gasteiger partial charge in [0.1, 0.15) is 0 Å². The van der Waals surface area contributed by atoms with Crippen LogP contribution in [0.15, 0.2) is 42.5 Å². The average Bonchev–Trinajstić information content (AvgIpc) is 2.91. The second kappa shape index (κ2) is 10.5. The van der Waals surface area contributed by atoms with Crippen molar-refractivity contribution in [1.29, 1.82) is 0 Å². The minimum atomic E-state index is -0.448. The van der Waals surface area contributed by atoms with E-state index in [2.05, 4.69) is 15.1 Å². The SMILES string of the molecule is COc1cc(-c2ccc(N3CCN(C(=O)c4ccc([N+](=O)[O-])c(C)c4)CC3)nn2)cc(OC)c1OC. The first-order valence-corrected chi connectivity index (χ1v) is 11.3. The number of hydrogen-bond donors (Lipinski definition) is 0. The number of nitro groups is 1. The lowest BCUT2D eigenvalue weighted by Gasteiger charge is -2.35. The third-order valence-corrected chi connectivity index (χ3v) is 6.14. The third-order valence-electron chi connectivity index (χ3n) is 6.14. The molecule has 0 spiro atoms. The highest BCUT2D eigenvalue weighted by molar-refractivity contribution is 5.95. The van der Waals surface area contributed by atoms with Gasteiger partial charge in [-0.2, -0.15) is 0 Å². The molecule has 36 heavy (non-hydrogen) atoms. The number of aromatic nitrogens is 2. The standard InChI is InChI=1S/C25H27N5O6/c1-16-13-17(5-7-20(16)30(32)33)25(31)29-11-9-28(10-12-29)23-8-6-19(26-27-23)18-14-21(34-2)24(36-4)22(15-18)35-3/h5-8,13-15H,9-12H2,1-4H3. The van der Waals surface area contributed by atoms with Crippen LogP contribution in [0.4, 0.5) is 11.5 Å². The molecule has 1 aromatic heterocycles. The van der Waals surface area contributed by atoms with Crippen molar-refractivity contribution in [3.63, 3.8) is 0 Å². The van der Waals surface area contributed by atoms with Gasteiger partial charge >= 0.3 is 0 Å². The number of benzene rings is 2. The zero-order valence-electron chi connectivity index (χ0n) is 20.6. The van der Waals surface area contributed by atoms with E-state index in [1.807, 2.05) is 24.3 Å². The molecule has 0 saturated carbocycles. The molecule has 0 unspecified atom stereocenters. The van der Waals surface area contributed by atoms with Crippen molar-refractivity contribution in [3.05, 3.63) is 63.7 Å². The number of piperazine rings is 1. The normalized spacial score (nSPS) is 13.3. The van der Waals surface area contributed by atoms with E-state index in [1.165, 1.54) is 12.1 Å². The molecule has 11 heteroatoms. The molecule has 1 aliphatic rings. The summed E-state index contributed by atoms with van der Waals surface area (Å²) in [6.07, 6.45) is 0. The predicted molar refractivity (Wildman–Crippen MR) is 133 cm³/mol. The van der Waals surface area contributed by atoms with Gasteiger partial charge in [-0.05, 0) is 43.3 Å². The number of nitro benzene ring substituents is 1. The minimum absolute atomic E-state index is 0.00455. The molecule has 3 aromatic rings. The van der Waals surface area contributed by atoms with Gasteiger partial charge in [-0.1, -0.05) is 0 Å². The van der Waals surface area contributed by atoms with Crippen molar-refractivity contribution in [2.45, 2.75) is 6.92 Å². The summed E-state index contributed by atoms with van der Waals surface area (Å²) >= 11 is 0. The van der Waals surface area contributed by atoms with E-state index in [1.54, 1.807) is 39.2 Å². The monoisotopic (exact) mass is 493 g/mol. The van der Waals surface area contributed by atoms with E-state index in [9.17, 15) is 14.9 Å². The maximum absolute atomic E-state index is 12.9. The Bertz CT molecular complexity index is 1250. The highest BCUT2D eigenvalue weighted by Crippen LogP contribution is 2.40. The topological polar surface area (TPSA) is 120 Å². The van der Waals surface area contributed by atoms with Crippen molar-refractivity contribution < 1.29 is 23.9 Å². The molecular formula is C25H27N5O6. The van der Waals surface area contributed by atoms with Crippen molar-refractivity contribution in [2.75, 3.05) is 52.4 Å². The minimum Gasteiger partial charge on any atom is -0.493 e. The summed E-state index contributed by atoms with van der Waals surface area (Å²) < 4.78 is 16.2. The smallest absolute Gasteiger partial charge is 0.272 e. The zero-order valence-corrected chi connectivity index (χ0v) is 20.6. The number of carbonyl (C=O) groups is 1. The van der Waals surface area contributed by atoms with E-state index < -0.39 is 4.92 Å². The molecule has 2 heterocycles. The molecule has 1 saturated heterocycles. The molecule has 2 aromatic carbocycles. The van der Waals surface area contributed by atoms with Crippen LogP contribution in [0, 0.1) is 17.0 Å². The summed E-state index contributed by atoms with van der Waals surface area (Å²) in [5, 5.41) is 19.8. The van der Waals surface area contributed by atoms with E-state index in [0.717, 1.165) is 5.56 Å². The fourth-order valence-corrected chi connectivity index (χ4v) is 4.19. The maximum Gasteiger partial charge on any atom is 0.272 e. The summed E-state index contributed by atoms with van der Waals surface area (Å²) in [6.45, 7) is 3.83. The molecule has 1 aliphatic heterocycles. The Balaban J connectivity index is 1.43. The Morgan fingerprint density at radius 3 is 2.08 bits per heavy atom. The predicted octanol–water partition coefficient (Wildman–Crippen LogP) is 3.35. The molecule has 0 atom stereocenters. The summed E-state index contributed by atoms with van der Waals surface area (Å²) in [5.41, 5.74) is 2.34. The molecule has 188 valence electrons. The number of rotatable bonds is 7. The summed E-state index contributed by atoms with van der Waals surface area (Å²) in [7, 11) is 4.67. The van der Waals surface area contributed by atoms with E-state index in [4.69, 9.17) is 14.2 Å². The molecule has 0 N–H and O–H groups in total. The summed E-state index contributed by atoms with van der Waals surface area (Å²) in [5.74, 6) is 2.13. The van der Waals surface area contributed by atoms with Crippen molar-refractivity contribution in [3.8, 4) is 28.5 Å². The number of anilines is 1. The van der Waals surface area contributed by atoms with E-state index in [0.29, 0.717) is 66.1 Å². The Labute approximate surface area is 208 Å². The number of nitrogens with zero attached hydrogens (tertiary/aromatic N) is 5. The lowest BCUT2D eigenvalue weighted by atomic mass is 10.1. The third kappa shape index (κ3) is 4.85. The first-order valence-electron chi connectivity index (χ1n) is 11.3. The molecular weight excluding hydrogens is 466 g/mol. The van der Waals surface area contributed by atoms with Gasteiger partial charge in [0.05, 0.1) is 31.9 Å². The van der Waals surface area contributed by atoms with Crippen LogP contribution in [-0.2, 0) is 0 Å². The first-order chi connectivity index (χ1) is 17.4. The number of methoxy groups -OCH3 is 3. The lowest BCUT2D eigenvalue weighted by molar-refractivity contribution is -0.385. The fraction of sp³-hybridized carbons (Fsp3) is 0.320. The molecule has 0 radical (unpaired) electrons. The fourth-order valence-electron chi connectivity index (χ4n) is 4.19. The Hall–Kier alpha value is -4.41. The van der Waals surface area contributed by atoms with Gasteiger partial charge in [-0.15, -0.1) is 10.2 Å². The quantitative estimate of drug-likeness (QED) is 0.360. The number of hydrogen-bond acceptors (Lipinski definition) is 9. The number of aryl methyl sites for hydroxylation is 1. The Morgan fingerprint density at radius 1 is 0.917 bits per heavy atom. The van der Waals surface area contributed by atoms with Crippen LogP contribution in [0.3, 0.4) is 0 Å². The van der Waals surface area contributed by atoms with Crippen LogP contribution in [0.2, 0.25) is 0 Å². The summed E-state index contributed by atoms with van der Waals surface area (Å²) in [6, 6.07) is 11.9. The van der Waals surface area contributed by atoms with Crippen molar-refractivity contribution in [1.82, 2.24) is 15.1 Å². The second-order valence-corrected chi connectivity index (χ2v) is 8.23. The van der Waals surface area contributed by atoms with E-state index in [-0.39, 0.29) is 11.6 Å². The molecule has 1 amide bonds. The van der Waals surface area contributed by atoms with E-state index >= 15 is 0 Å². The Morgan fingerprint density at radius 2 is 1.58 bits per heavy atom. The zero-order chi connectivity index (χ0) is 25.8. The molecule has 1 fully saturated rings. The van der Waals surface area contributed by atoms with Crippen molar-refractivity contribution in [2.24, 2.45) is 0 Å². The highest BCUT2D eigenvalue weighted by Gasteiger charge is 2.24. The molecule has 0 aliphatic carbocycles. The van der Waals surface area contributed by atoms with Gasteiger partial charge in [0.2, 0.25) is 5.75 Å². The van der Waals surface area contributed by atoms with Gasteiger partial charge in [0.15, 0.2) is 17.3 Å². The van der Waals surface area contributed by atoms with Gasteiger partial charge in [-0.25, -0.2) is 0 Å². The first kappa shape index (κ1) is 24.7. The van der Waals surface area contributed by atoms with Crippen LogP contribution in [0.1, 0.15) is 15.9 Å². The van der Waals surface area contributed by atoms with Crippen LogP contribution >= 0.6 is 0 Å². The van der Waals surface area contributed by atoms with Gasteiger partial charge < -0.3 is 24.0 Å². The van der Waals surface area contributed by atoms with Gasteiger partial charge in [0, 0.05) is 48.9 Å². The van der Waals surface area contributed by atoms with Crippen LogP contribution in [-0.4, -0.2) is 73.4 Å². The average molecular weight is 494 g/mol. The number of ether oxygens (including phenoxy) is 3. The van der Waals surface area contributed by atoms with Crippen LogP contribution in [0.25, 0.3) is 11.3 Å². The number of carbonyl (C=O) groups excluding carboxylic acids is 1. The molecule has 0 bridgehead atoms.